The number of aliphatic hydroxyl groups is 4. The third-order valence-electron chi connectivity index (χ3n) is 12.1. The highest BCUT2D eigenvalue weighted by Crippen LogP contribution is 2.56. The molecule has 0 aromatic heterocycles. The number of rotatable bonds is 6. The summed E-state index contributed by atoms with van der Waals surface area (Å²) >= 11 is 0. The van der Waals surface area contributed by atoms with E-state index in [-0.39, 0.29) is 34.3 Å². The fraction of sp³-hybridized carbons (Fsp3) is 0.222. The summed E-state index contributed by atoms with van der Waals surface area (Å²) in [7, 11) is 2.92. The van der Waals surface area contributed by atoms with E-state index < -0.39 is 99.1 Å². The highest BCUT2D eigenvalue weighted by molar-refractivity contribution is 6.24. The van der Waals surface area contributed by atoms with Gasteiger partial charge in [0.15, 0.2) is 11.4 Å². The maximum absolute atomic E-state index is 13.7. The Morgan fingerprint density at radius 2 is 1.27 bits per heavy atom. The maximum Gasteiger partial charge on any atom is 0.339 e. The number of phenols is 3. The van der Waals surface area contributed by atoms with Crippen LogP contribution in [0.15, 0.2) is 95.8 Å². The number of aromatic carboxylic acids is 2. The van der Waals surface area contributed by atoms with Crippen LogP contribution >= 0.6 is 0 Å². The third-order valence-corrected chi connectivity index (χ3v) is 12.1. The van der Waals surface area contributed by atoms with Gasteiger partial charge in [-0.25, -0.2) is 9.59 Å². The van der Waals surface area contributed by atoms with Gasteiger partial charge in [0, 0.05) is 29.0 Å². The van der Waals surface area contributed by atoms with Gasteiger partial charge in [0.1, 0.15) is 45.5 Å². The fourth-order valence-electron chi connectivity index (χ4n) is 9.26. The summed E-state index contributed by atoms with van der Waals surface area (Å²) in [5.74, 6) is -12.2. The number of amides is 1. The van der Waals surface area contributed by atoms with Crippen molar-refractivity contribution in [3.05, 3.63) is 129 Å². The second-order valence-corrected chi connectivity index (χ2v) is 15.5. The number of hydrogen-bond donors (Lipinski definition) is 10. The van der Waals surface area contributed by atoms with Crippen molar-refractivity contribution in [2.75, 3.05) is 14.1 Å². The van der Waals surface area contributed by atoms with Crippen molar-refractivity contribution >= 4 is 56.7 Å². The number of carboxylic acid groups (broad SMARTS) is 2. The molecule has 0 radical (unpaired) electrons. The number of likely N-dealkylation sites (N-methyl/N-ethyl adjacent to an activating group) is 1. The van der Waals surface area contributed by atoms with Crippen molar-refractivity contribution in [1.82, 2.24) is 4.90 Å². The number of aliphatic hydroxyl groups excluding tert-OH is 3. The van der Waals surface area contributed by atoms with Gasteiger partial charge in [-0.3, -0.25) is 19.3 Å². The standard InChI is InChI=1S/C23H16O6.C22H24N2O8.H2O/c24-20-16(14-7-3-1-5-12(14)9-18(20)22(26)27)11-17-15-8-4-2-6-13(15)10-19(21(17)25)23(28)29;1-7-8-5-4-6-9(25)11(8)16(26)12-10(7)17(27)14-15(24(2)3)18(28)13(21(23)31)20(30)22(14,32)19(12)29;/h1-10,24-25H,11H2,(H,26,27)(H,28,29);4-7,10,14-15,17,25-27,30,32H,1-3H3,(H2,23,31);1H2/t;7-,10+,14+,15-,17-,22-;/m.0./s1. The molecule has 8 rings (SSSR count). The van der Waals surface area contributed by atoms with Crippen LogP contribution in [0.5, 0.6) is 17.2 Å². The van der Waals surface area contributed by atoms with Crippen LogP contribution in [0.25, 0.3) is 27.3 Å². The number of benzene rings is 5. The first-order chi connectivity index (χ1) is 28.7. The minimum atomic E-state index is -2.89. The molecular weight excluding hydrogens is 808 g/mol. The molecule has 5 aromatic rings. The molecule has 3 aliphatic carbocycles. The van der Waals surface area contributed by atoms with Crippen molar-refractivity contribution in [3.63, 3.8) is 0 Å². The van der Waals surface area contributed by atoms with E-state index in [9.17, 15) is 69.9 Å². The summed E-state index contributed by atoms with van der Waals surface area (Å²) in [4.78, 5) is 63.2. The van der Waals surface area contributed by atoms with E-state index in [0.29, 0.717) is 38.2 Å². The number of phenolic OH excluding ortho intramolecular Hbond substituents is 1. The number of ketones is 2. The van der Waals surface area contributed by atoms with Crippen LogP contribution in [-0.4, -0.2) is 118 Å². The fourth-order valence-corrected chi connectivity index (χ4v) is 9.26. The number of hydrogen-bond acceptors (Lipinski definition) is 13. The molecule has 62 heavy (non-hydrogen) atoms. The molecule has 13 N–H and O–H groups in total. The number of carbonyl (C=O) groups excluding carboxylic acids is 3. The van der Waals surface area contributed by atoms with E-state index in [0.717, 1.165) is 0 Å². The molecule has 3 aliphatic rings. The molecule has 1 fully saturated rings. The first-order valence-electron chi connectivity index (χ1n) is 18.8. The van der Waals surface area contributed by atoms with Gasteiger partial charge < -0.3 is 57.2 Å². The van der Waals surface area contributed by atoms with E-state index in [1.807, 2.05) is 0 Å². The predicted molar refractivity (Wildman–Crippen MR) is 222 cm³/mol. The molecule has 0 saturated heterocycles. The predicted octanol–water partition coefficient (Wildman–Crippen LogP) is 3.06. The maximum atomic E-state index is 13.7. The van der Waals surface area contributed by atoms with Crippen molar-refractivity contribution in [1.29, 1.82) is 0 Å². The number of aromatic hydroxyl groups is 3. The smallest absolute Gasteiger partial charge is 0.339 e. The molecule has 0 aliphatic heterocycles. The Bertz CT molecular complexity index is 2730. The van der Waals surface area contributed by atoms with Gasteiger partial charge in [0.05, 0.1) is 23.6 Å². The lowest BCUT2D eigenvalue weighted by Gasteiger charge is -2.53. The second-order valence-electron chi connectivity index (χ2n) is 15.5. The van der Waals surface area contributed by atoms with Gasteiger partial charge in [-0.2, -0.15) is 0 Å². The largest absolute Gasteiger partial charge is 0.508 e. The molecule has 5 aromatic carbocycles. The molecule has 17 nitrogen and oxygen atoms in total. The first-order valence-corrected chi connectivity index (χ1v) is 18.8. The highest BCUT2D eigenvalue weighted by Gasteiger charge is 2.68. The molecule has 0 bridgehead atoms. The number of primary amides is 1. The summed E-state index contributed by atoms with van der Waals surface area (Å²) in [5, 5.41) is 97.7. The van der Waals surface area contributed by atoms with E-state index in [1.54, 1.807) is 67.6 Å². The average molecular weight is 851 g/mol. The van der Waals surface area contributed by atoms with Crippen LogP contribution < -0.4 is 5.73 Å². The Morgan fingerprint density at radius 1 is 0.774 bits per heavy atom. The minimum Gasteiger partial charge on any atom is -0.508 e. The Morgan fingerprint density at radius 3 is 1.74 bits per heavy atom. The van der Waals surface area contributed by atoms with E-state index >= 15 is 0 Å². The monoisotopic (exact) mass is 850 g/mol. The van der Waals surface area contributed by atoms with Crippen LogP contribution in [0.1, 0.15) is 55.8 Å². The third kappa shape index (κ3) is 6.54. The van der Waals surface area contributed by atoms with Crippen molar-refractivity contribution < 1.29 is 75.4 Å². The molecule has 0 unspecified atom stereocenters. The number of nitrogens with zero attached hydrogens (tertiary/aromatic N) is 1. The van der Waals surface area contributed by atoms with Crippen LogP contribution in [0.4, 0.5) is 0 Å². The normalized spacial score (nSPS) is 22.9. The number of fused-ring (bicyclic) bond motifs is 5. The zero-order valence-electron chi connectivity index (χ0n) is 33.2. The van der Waals surface area contributed by atoms with Crippen LogP contribution in [0.3, 0.4) is 0 Å². The summed E-state index contributed by atoms with van der Waals surface area (Å²) in [5.41, 5.74) is 1.58. The van der Waals surface area contributed by atoms with Gasteiger partial charge in [-0.05, 0) is 65.3 Å². The quantitative estimate of drug-likeness (QED) is 0.110. The number of Topliss-reactive ketones (excluding diaryl/α,β-unsaturated/α-hetero) is 2. The molecule has 6 atom stereocenters. The van der Waals surface area contributed by atoms with Crippen LogP contribution in [0, 0.1) is 11.8 Å². The zero-order valence-corrected chi connectivity index (χ0v) is 33.2. The lowest BCUT2D eigenvalue weighted by atomic mass is 9.54. The number of carbonyl (C=O) groups is 5. The van der Waals surface area contributed by atoms with E-state index in [1.165, 1.54) is 37.2 Å². The molecule has 1 amide bonds. The molecule has 1 saturated carbocycles. The summed E-state index contributed by atoms with van der Waals surface area (Å²) in [6.45, 7) is 1.68. The van der Waals surface area contributed by atoms with Crippen LogP contribution in [-0.2, 0) is 20.8 Å². The summed E-state index contributed by atoms with van der Waals surface area (Å²) in [6, 6.07) is 19.9. The van der Waals surface area contributed by atoms with Gasteiger partial charge in [0.25, 0.3) is 5.91 Å². The molecule has 0 spiro atoms. The van der Waals surface area contributed by atoms with Crippen molar-refractivity contribution in [3.8, 4) is 17.2 Å². The SMILES string of the molecule is C[C@H]1c2cccc(O)c2C(O)=C2C(=O)[C@]3(O)C(O)=C(C(N)=O)C(=O)[C@@H](N(C)C)[C@@H]3[C@@H](O)[C@@H]21.O.O=C(O)c1cc2ccccc2c(Cc2c(O)c(C(=O)O)cc3ccccc23)c1O. The minimum absolute atomic E-state index is 0. The molecule has 17 heteroatoms. The highest BCUT2D eigenvalue weighted by atomic mass is 16.4. The van der Waals surface area contributed by atoms with Crippen molar-refractivity contribution in [2.45, 2.75) is 37.0 Å². The van der Waals surface area contributed by atoms with Gasteiger partial charge in [-0.15, -0.1) is 0 Å². The van der Waals surface area contributed by atoms with Gasteiger partial charge in [0.2, 0.25) is 5.78 Å². The zero-order chi connectivity index (χ0) is 44.6. The molecule has 0 heterocycles. The second kappa shape index (κ2) is 15.9. The summed E-state index contributed by atoms with van der Waals surface area (Å²) < 4.78 is 0. The number of nitrogens with two attached hydrogens (primary N) is 1. The Labute approximate surface area is 351 Å². The van der Waals surface area contributed by atoms with Crippen molar-refractivity contribution in [2.24, 2.45) is 17.6 Å². The lowest BCUT2D eigenvalue weighted by Crippen LogP contribution is -2.70. The Kier molecular flexibility index (Phi) is 11.4. The molecule has 322 valence electrons. The summed E-state index contributed by atoms with van der Waals surface area (Å²) in [6.07, 6.45) is -1.63. The first kappa shape index (κ1) is 44.2. The average Bonchev–Trinajstić information content (AvgIpc) is 3.20. The Balaban J connectivity index is 0.000000204. The lowest BCUT2D eigenvalue weighted by molar-refractivity contribution is -0.169. The molecular formula is C45H42N2O15. The Hall–Kier alpha value is -7.31. The number of carboxylic acids is 2. The van der Waals surface area contributed by atoms with Gasteiger partial charge >= 0.3 is 11.9 Å². The van der Waals surface area contributed by atoms with Crippen LogP contribution in [0.2, 0.25) is 0 Å². The van der Waals surface area contributed by atoms with Gasteiger partial charge in [-0.1, -0.05) is 67.6 Å². The van der Waals surface area contributed by atoms with E-state index in [2.05, 4.69) is 0 Å². The van der Waals surface area contributed by atoms with E-state index in [4.69, 9.17) is 5.73 Å². The topological polar surface area (TPSA) is 328 Å².